The molecule has 0 aliphatic heterocycles. The van der Waals surface area contributed by atoms with Gasteiger partial charge in [0.1, 0.15) is 18.6 Å². The molecule has 0 spiro atoms. The minimum Gasteiger partial charge on any atom is -0.481 e. The summed E-state index contributed by atoms with van der Waals surface area (Å²) in [6.07, 6.45) is 24.3. The molecule has 4 unspecified atom stereocenters. The van der Waals surface area contributed by atoms with Gasteiger partial charge in [0.05, 0.1) is 6.10 Å². The smallest absolute Gasteiger partial charge is 0.322 e. The molecule has 0 saturated carbocycles. The largest absolute Gasteiger partial charge is 0.481 e. The van der Waals surface area contributed by atoms with Crippen LogP contribution in [0.25, 0.3) is 0 Å². The van der Waals surface area contributed by atoms with Crippen molar-refractivity contribution in [2.24, 2.45) is 5.73 Å². The SMILES string of the molecule is CCC=CCC=CCC(O)C(C=CC=CC=CCC=CCCC(=O)O)SCC(NC(=O)CCC(N)C(=O)O)C(=O)NCC(=O)O. The predicted octanol–water partition coefficient (Wildman–Crippen LogP) is 3.11. The van der Waals surface area contributed by atoms with Gasteiger partial charge in [-0.1, -0.05) is 79.8 Å². The van der Waals surface area contributed by atoms with E-state index in [0.29, 0.717) is 19.3 Å². The normalized spacial score (nSPS) is 14.9. The fraction of sp³-hybridized carbons (Fsp3) is 0.469. The number of rotatable bonds is 25. The molecule has 8 N–H and O–H groups in total. The number of aliphatic hydroxyl groups is 1. The molecule has 4 atom stereocenters. The number of thioether (sulfide) groups is 1. The molecule has 0 aliphatic rings. The molecule has 0 rings (SSSR count). The molecule has 0 aliphatic carbocycles. The first-order valence-electron chi connectivity index (χ1n) is 14.7. The molecule has 0 saturated heterocycles. The molecule has 0 aromatic carbocycles. The number of hydrogen-bond acceptors (Lipinski definition) is 8. The summed E-state index contributed by atoms with van der Waals surface area (Å²) in [5.41, 5.74) is 5.46. The first-order chi connectivity index (χ1) is 21.5. The number of carbonyl (C=O) groups is 5. The number of aliphatic carboxylic acids is 3. The van der Waals surface area contributed by atoms with E-state index >= 15 is 0 Å². The standard InChI is InChI=1S/C32H47N3O9S/c1-2-3-4-5-11-14-17-26(36)27(18-15-12-9-7-6-8-10-13-16-19-29(38)39)45-23-25(31(42)34-22-30(40)41)35-28(37)21-20-24(33)32(43)44/h3-4,6-7,9-15,18,24-27,36H,2,5,8,16-17,19-23,33H2,1H3,(H,34,42)(H,35,37)(H,38,39)(H,40,41)(H,43,44). The van der Waals surface area contributed by atoms with Gasteiger partial charge in [-0.05, 0) is 38.5 Å². The van der Waals surface area contributed by atoms with Crippen molar-refractivity contribution < 1.29 is 44.4 Å². The maximum absolute atomic E-state index is 12.7. The Morgan fingerprint density at radius 1 is 0.822 bits per heavy atom. The lowest BCUT2D eigenvalue weighted by atomic mass is 10.1. The maximum Gasteiger partial charge on any atom is 0.322 e. The van der Waals surface area contributed by atoms with Crippen LogP contribution in [0.4, 0.5) is 0 Å². The number of carboxylic acid groups (broad SMARTS) is 3. The molecular formula is C32H47N3O9S. The van der Waals surface area contributed by atoms with E-state index in [1.54, 1.807) is 24.3 Å². The van der Waals surface area contributed by atoms with E-state index in [-0.39, 0.29) is 25.0 Å². The molecule has 45 heavy (non-hydrogen) atoms. The Bertz CT molecular complexity index is 1100. The third kappa shape index (κ3) is 24.1. The Hall–Kier alpha value is -3.94. The van der Waals surface area contributed by atoms with E-state index in [1.807, 2.05) is 55.5 Å². The highest BCUT2D eigenvalue weighted by atomic mass is 32.2. The van der Waals surface area contributed by atoms with Crippen molar-refractivity contribution in [2.45, 2.75) is 81.7 Å². The first kappa shape index (κ1) is 41.1. The Morgan fingerprint density at radius 2 is 1.49 bits per heavy atom. The van der Waals surface area contributed by atoms with Crippen molar-refractivity contribution in [3.8, 4) is 0 Å². The molecule has 13 heteroatoms. The van der Waals surface area contributed by atoms with Crippen LogP contribution in [0.3, 0.4) is 0 Å². The van der Waals surface area contributed by atoms with Gasteiger partial charge in [0.15, 0.2) is 0 Å². The Balaban J connectivity index is 5.52. The molecule has 0 aromatic rings. The van der Waals surface area contributed by atoms with Crippen molar-refractivity contribution in [1.29, 1.82) is 0 Å². The van der Waals surface area contributed by atoms with Crippen LogP contribution in [-0.2, 0) is 24.0 Å². The van der Waals surface area contributed by atoms with Crippen molar-refractivity contribution in [3.63, 3.8) is 0 Å². The zero-order valence-corrected chi connectivity index (χ0v) is 26.4. The van der Waals surface area contributed by atoms with Crippen LogP contribution in [0, 0.1) is 0 Å². The average molecular weight is 650 g/mol. The second-order valence-electron chi connectivity index (χ2n) is 9.74. The lowest BCUT2D eigenvalue weighted by Crippen LogP contribution is -2.50. The molecule has 0 fully saturated rings. The number of nitrogens with two attached hydrogens (primary N) is 1. The number of amides is 2. The Labute approximate surface area is 268 Å². The highest BCUT2D eigenvalue weighted by molar-refractivity contribution is 8.00. The summed E-state index contributed by atoms with van der Waals surface area (Å²) >= 11 is 1.20. The molecule has 0 bridgehead atoms. The van der Waals surface area contributed by atoms with Gasteiger partial charge in [0.25, 0.3) is 0 Å². The molecule has 0 aromatic heterocycles. The lowest BCUT2D eigenvalue weighted by molar-refractivity contribution is -0.139. The second kappa shape index (κ2) is 26.5. The highest BCUT2D eigenvalue weighted by Crippen LogP contribution is 2.21. The summed E-state index contributed by atoms with van der Waals surface area (Å²) < 4.78 is 0. The van der Waals surface area contributed by atoms with Gasteiger partial charge < -0.3 is 36.8 Å². The first-order valence-corrected chi connectivity index (χ1v) is 15.8. The minimum atomic E-state index is -1.26. The summed E-state index contributed by atoms with van der Waals surface area (Å²) in [4.78, 5) is 57.6. The van der Waals surface area contributed by atoms with Gasteiger partial charge >= 0.3 is 17.9 Å². The van der Waals surface area contributed by atoms with E-state index < -0.39 is 59.7 Å². The van der Waals surface area contributed by atoms with Crippen molar-refractivity contribution in [2.75, 3.05) is 12.3 Å². The van der Waals surface area contributed by atoms with Crippen molar-refractivity contribution in [3.05, 3.63) is 72.9 Å². The summed E-state index contributed by atoms with van der Waals surface area (Å²) in [6, 6.07) is -2.40. The number of carboxylic acids is 3. The fourth-order valence-corrected chi connectivity index (χ4v) is 4.60. The maximum atomic E-state index is 12.7. The van der Waals surface area contributed by atoms with Crippen LogP contribution in [0.1, 0.15) is 58.3 Å². The fourth-order valence-electron chi connectivity index (χ4n) is 3.41. The molecule has 0 heterocycles. The van der Waals surface area contributed by atoms with Crippen molar-refractivity contribution in [1.82, 2.24) is 10.6 Å². The number of allylic oxidation sites excluding steroid dienone is 10. The third-order valence-corrected chi connectivity index (χ3v) is 7.23. The van der Waals surface area contributed by atoms with E-state index in [0.717, 1.165) is 12.8 Å². The van der Waals surface area contributed by atoms with Crippen LogP contribution in [-0.4, -0.2) is 85.9 Å². The van der Waals surface area contributed by atoms with Crippen LogP contribution in [0.2, 0.25) is 0 Å². The van der Waals surface area contributed by atoms with Gasteiger partial charge in [-0.25, -0.2) is 0 Å². The van der Waals surface area contributed by atoms with E-state index in [4.69, 9.17) is 21.1 Å². The average Bonchev–Trinajstić information content (AvgIpc) is 2.99. The zero-order chi connectivity index (χ0) is 33.9. The summed E-state index contributed by atoms with van der Waals surface area (Å²) in [7, 11) is 0. The van der Waals surface area contributed by atoms with Crippen LogP contribution >= 0.6 is 11.8 Å². The Morgan fingerprint density at radius 3 is 2.16 bits per heavy atom. The monoisotopic (exact) mass is 649 g/mol. The zero-order valence-electron chi connectivity index (χ0n) is 25.6. The number of hydrogen-bond donors (Lipinski definition) is 7. The molecule has 12 nitrogen and oxygen atoms in total. The molecule has 0 radical (unpaired) electrons. The van der Waals surface area contributed by atoms with Gasteiger partial charge in [-0.3, -0.25) is 24.0 Å². The molecule has 250 valence electrons. The number of nitrogens with one attached hydrogen (secondary N) is 2. The summed E-state index contributed by atoms with van der Waals surface area (Å²) in [5, 5.41) is 41.7. The highest BCUT2D eigenvalue weighted by Gasteiger charge is 2.25. The quantitative estimate of drug-likeness (QED) is 0.0563. The van der Waals surface area contributed by atoms with Gasteiger partial charge in [0, 0.05) is 23.8 Å². The van der Waals surface area contributed by atoms with Crippen LogP contribution in [0.15, 0.2) is 72.9 Å². The van der Waals surface area contributed by atoms with Gasteiger partial charge in [-0.15, -0.1) is 11.8 Å². The van der Waals surface area contributed by atoms with E-state index in [1.165, 1.54) is 11.8 Å². The van der Waals surface area contributed by atoms with Gasteiger partial charge in [-0.2, -0.15) is 0 Å². The Kier molecular flexibility index (Phi) is 24.1. The second-order valence-corrected chi connectivity index (χ2v) is 11.0. The molecular weight excluding hydrogens is 602 g/mol. The summed E-state index contributed by atoms with van der Waals surface area (Å²) in [5.74, 6) is -4.73. The number of aliphatic hydroxyl groups excluding tert-OH is 1. The van der Waals surface area contributed by atoms with Crippen LogP contribution in [0.5, 0.6) is 0 Å². The lowest BCUT2D eigenvalue weighted by Gasteiger charge is -2.23. The summed E-state index contributed by atoms with van der Waals surface area (Å²) in [6.45, 7) is 1.38. The number of carbonyl (C=O) groups excluding carboxylic acids is 2. The van der Waals surface area contributed by atoms with Crippen molar-refractivity contribution >= 4 is 41.5 Å². The van der Waals surface area contributed by atoms with Crippen LogP contribution < -0.4 is 16.4 Å². The van der Waals surface area contributed by atoms with E-state index in [9.17, 15) is 29.1 Å². The topological polar surface area (TPSA) is 216 Å². The third-order valence-electron chi connectivity index (χ3n) is 5.85. The predicted molar refractivity (Wildman–Crippen MR) is 176 cm³/mol. The van der Waals surface area contributed by atoms with E-state index in [2.05, 4.69) is 10.6 Å². The van der Waals surface area contributed by atoms with Gasteiger partial charge in [0.2, 0.25) is 11.8 Å². The minimum absolute atomic E-state index is 0.00494. The molecule has 2 amide bonds.